The zero-order valence-electron chi connectivity index (χ0n) is 32.7. The lowest BCUT2D eigenvalue weighted by molar-refractivity contribution is 0.563. The van der Waals surface area contributed by atoms with E-state index in [0.29, 0.717) is 18.2 Å². The normalized spacial score (nSPS) is 14.7. The fourth-order valence-electron chi connectivity index (χ4n) is 9.53. The number of nitrogens with zero attached hydrogens (tertiary/aromatic N) is 2. The van der Waals surface area contributed by atoms with Crippen LogP contribution in [0.15, 0.2) is 210 Å². The van der Waals surface area contributed by atoms with Crippen molar-refractivity contribution in [3.63, 3.8) is 0 Å². The van der Waals surface area contributed by atoms with Gasteiger partial charge in [-0.05, 0) is 96.6 Å². The van der Waals surface area contributed by atoms with Crippen molar-refractivity contribution in [2.75, 3.05) is 0 Å². The Labute approximate surface area is 341 Å². The second-order valence-corrected chi connectivity index (χ2v) is 15.9. The number of aliphatic imine (C=N–C) groups is 2. The Morgan fingerprint density at radius 1 is 0.431 bits per heavy atom. The van der Waals surface area contributed by atoms with Gasteiger partial charge in [-0.2, -0.15) is 0 Å². The predicted molar refractivity (Wildman–Crippen MR) is 241 cm³/mol. The fraction of sp³-hybridized carbons (Fsp3) is 0.0909. The molecule has 0 saturated heterocycles. The van der Waals surface area contributed by atoms with Crippen LogP contribution in [-0.2, 0) is 17.4 Å². The maximum Gasteiger partial charge on any atom is 0.157 e. The van der Waals surface area contributed by atoms with Crippen molar-refractivity contribution < 1.29 is 0 Å². The van der Waals surface area contributed by atoms with Crippen LogP contribution < -0.4 is 5.73 Å². The van der Waals surface area contributed by atoms with Gasteiger partial charge in [0.15, 0.2) is 5.84 Å². The molecule has 0 fully saturated rings. The van der Waals surface area contributed by atoms with Gasteiger partial charge in [0, 0.05) is 16.5 Å². The van der Waals surface area contributed by atoms with E-state index in [0.717, 1.165) is 27.8 Å². The Morgan fingerprint density at radius 2 is 0.914 bits per heavy atom. The van der Waals surface area contributed by atoms with Gasteiger partial charge in [0.05, 0.1) is 12.0 Å². The molecule has 0 unspecified atom stereocenters. The number of hydrogen-bond donors (Lipinski definition) is 1. The van der Waals surface area contributed by atoms with E-state index < -0.39 is 5.41 Å². The monoisotopic (exact) mass is 745 g/mol. The summed E-state index contributed by atoms with van der Waals surface area (Å²) in [5.74, 6) is 1.02. The largest absolute Gasteiger partial charge is 0.383 e. The number of amidine groups is 2. The molecule has 0 bridgehead atoms. The summed E-state index contributed by atoms with van der Waals surface area (Å²) in [6, 6.07) is 71.5. The van der Waals surface area contributed by atoms with E-state index in [1.54, 1.807) is 0 Å². The summed E-state index contributed by atoms with van der Waals surface area (Å²) in [6.07, 6.45) is 0. The molecule has 0 heterocycles. The molecule has 0 atom stereocenters. The van der Waals surface area contributed by atoms with Crippen LogP contribution in [0.2, 0.25) is 0 Å². The molecular weight excluding hydrogens is 703 g/mol. The van der Waals surface area contributed by atoms with E-state index in [2.05, 4.69) is 184 Å². The standard InChI is InChI=1S/C55H43N3/c1-54(2)48-26-14-16-28-50(48)55(51-29-17-15-27-49(51)54)46-25-13-12-24-44(46)45-35-41(30-31-47(45)55)52(56)58-53(40-22-10-5-11-23-40)57-36-37-32-42(38-18-6-3-7-19-38)34-43(33-37)39-20-8-4-9-21-39/h3-35H,36H2,1-2H3,(H2,56,57,58). The fourth-order valence-corrected chi connectivity index (χ4v) is 9.53. The molecule has 3 nitrogen and oxygen atoms in total. The Kier molecular flexibility index (Phi) is 8.60. The zero-order chi connectivity index (χ0) is 39.3. The Bertz CT molecular complexity index is 2780. The van der Waals surface area contributed by atoms with Gasteiger partial charge < -0.3 is 5.73 Å². The molecule has 1 spiro atoms. The number of nitrogens with two attached hydrogens (primary N) is 1. The molecule has 0 saturated carbocycles. The molecule has 278 valence electrons. The SMILES string of the molecule is CC1(C)c2ccccc2C2(c3ccccc3-c3cc(C(N)=NC(=NCc4cc(-c5ccccc5)cc(-c5ccccc5)c4)c4ccccc4)ccc32)c2ccccc21. The summed E-state index contributed by atoms with van der Waals surface area (Å²) in [5, 5.41) is 0. The number of fused-ring (bicyclic) bond motifs is 9. The summed E-state index contributed by atoms with van der Waals surface area (Å²) in [5.41, 5.74) is 24.3. The third-order valence-electron chi connectivity index (χ3n) is 12.2. The van der Waals surface area contributed by atoms with Gasteiger partial charge in [0.1, 0.15) is 5.84 Å². The van der Waals surface area contributed by atoms with Gasteiger partial charge in [-0.15, -0.1) is 0 Å². The molecule has 3 heteroatoms. The number of benzene rings is 8. The third-order valence-corrected chi connectivity index (χ3v) is 12.2. The van der Waals surface area contributed by atoms with Crippen molar-refractivity contribution in [1.82, 2.24) is 0 Å². The van der Waals surface area contributed by atoms with Gasteiger partial charge in [-0.25, -0.2) is 4.99 Å². The lowest BCUT2D eigenvalue weighted by atomic mass is 9.55. The molecule has 58 heavy (non-hydrogen) atoms. The van der Waals surface area contributed by atoms with Crippen molar-refractivity contribution in [2.24, 2.45) is 15.7 Å². The maximum absolute atomic E-state index is 7.04. The second-order valence-electron chi connectivity index (χ2n) is 15.9. The van der Waals surface area contributed by atoms with Crippen molar-refractivity contribution in [3.8, 4) is 33.4 Å². The van der Waals surface area contributed by atoms with Gasteiger partial charge >= 0.3 is 0 Å². The highest BCUT2D eigenvalue weighted by Crippen LogP contribution is 2.62. The molecule has 0 amide bonds. The maximum atomic E-state index is 7.04. The topological polar surface area (TPSA) is 50.7 Å². The Hall–Kier alpha value is -7.10. The molecule has 2 N–H and O–H groups in total. The van der Waals surface area contributed by atoms with Crippen LogP contribution in [0.1, 0.15) is 63.9 Å². The summed E-state index contributed by atoms with van der Waals surface area (Å²) < 4.78 is 0. The minimum atomic E-state index is -0.456. The van der Waals surface area contributed by atoms with Crippen molar-refractivity contribution in [1.29, 1.82) is 0 Å². The first kappa shape index (κ1) is 35.3. The van der Waals surface area contributed by atoms with Gasteiger partial charge in [-0.1, -0.05) is 190 Å². The molecule has 8 aromatic rings. The number of rotatable bonds is 6. The van der Waals surface area contributed by atoms with E-state index in [-0.39, 0.29) is 5.41 Å². The third kappa shape index (κ3) is 5.73. The summed E-state index contributed by atoms with van der Waals surface area (Å²) in [6.45, 7) is 5.15. The second kappa shape index (κ2) is 14.1. The van der Waals surface area contributed by atoms with E-state index in [4.69, 9.17) is 15.7 Å². The highest BCUT2D eigenvalue weighted by Gasteiger charge is 2.53. The minimum Gasteiger partial charge on any atom is -0.383 e. The van der Waals surface area contributed by atoms with E-state index in [1.807, 2.05) is 30.3 Å². The summed E-state index contributed by atoms with van der Waals surface area (Å²) in [4.78, 5) is 10.3. The molecular formula is C55H43N3. The first-order valence-electron chi connectivity index (χ1n) is 20.1. The van der Waals surface area contributed by atoms with E-state index in [1.165, 1.54) is 55.6 Å². The Balaban J connectivity index is 1.09. The van der Waals surface area contributed by atoms with Crippen molar-refractivity contribution >= 4 is 11.7 Å². The molecule has 8 aromatic carbocycles. The molecule has 0 radical (unpaired) electrons. The molecule has 2 aliphatic rings. The first-order valence-corrected chi connectivity index (χ1v) is 20.1. The Morgan fingerprint density at radius 3 is 1.50 bits per heavy atom. The highest BCUT2D eigenvalue weighted by atomic mass is 15.0. The van der Waals surface area contributed by atoms with Crippen LogP contribution in [0.4, 0.5) is 0 Å². The minimum absolute atomic E-state index is 0.147. The number of hydrogen-bond acceptors (Lipinski definition) is 1. The molecule has 10 rings (SSSR count). The van der Waals surface area contributed by atoms with E-state index >= 15 is 0 Å². The van der Waals surface area contributed by atoms with E-state index in [9.17, 15) is 0 Å². The zero-order valence-corrected chi connectivity index (χ0v) is 32.7. The first-order chi connectivity index (χ1) is 28.4. The molecule has 0 aromatic heterocycles. The predicted octanol–water partition coefficient (Wildman–Crippen LogP) is 12.4. The average Bonchev–Trinajstić information content (AvgIpc) is 3.58. The van der Waals surface area contributed by atoms with Crippen LogP contribution in [0.5, 0.6) is 0 Å². The quantitative estimate of drug-likeness (QED) is 0.134. The van der Waals surface area contributed by atoms with Gasteiger partial charge in [0.2, 0.25) is 0 Å². The van der Waals surface area contributed by atoms with Crippen LogP contribution >= 0.6 is 0 Å². The molecule has 2 aliphatic carbocycles. The smallest absolute Gasteiger partial charge is 0.157 e. The lowest BCUT2D eigenvalue weighted by Crippen LogP contribution is -2.40. The van der Waals surface area contributed by atoms with Crippen molar-refractivity contribution in [2.45, 2.75) is 31.2 Å². The lowest BCUT2D eigenvalue weighted by Gasteiger charge is -2.46. The summed E-state index contributed by atoms with van der Waals surface area (Å²) >= 11 is 0. The van der Waals surface area contributed by atoms with Gasteiger partial charge in [-0.3, -0.25) is 4.99 Å². The van der Waals surface area contributed by atoms with Crippen LogP contribution in [0, 0.1) is 0 Å². The summed E-state index contributed by atoms with van der Waals surface area (Å²) in [7, 11) is 0. The van der Waals surface area contributed by atoms with Crippen LogP contribution in [-0.4, -0.2) is 11.7 Å². The van der Waals surface area contributed by atoms with Gasteiger partial charge in [0.25, 0.3) is 0 Å². The van der Waals surface area contributed by atoms with Crippen molar-refractivity contribution in [3.05, 3.63) is 250 Å². The average molecular weight is 746 g/mol. The van der Waals surface area contributed by atoms with Crippen LogP contribution in [0.25, 0.3) is 33.4 Å². The van der Waals surface area contributed by atoms with Crippen LogP contribution in [0.3, 0.4) is 0 Å². The highest BCUT2D eigenvalue weighted by molar-refractivity contribution is 6.11. The molecule has 0 aliphatic heterocycles.